The molecule has 0 spiro atoms. The summed E-state index contributed by atoms with van der Waals surface area (Å²) in [5.41, 5.74) is 5.45. The Morgan fingerprint density at radius 2 is 1.75 bits per heavy atom. The summed E-state index contributed by atoms with van der Waals surface area (Å²) in [7, 11) is 1.78. The molecule has 0 rings (SSSR count). The van der Waals surface area contributed by atoms with Gasteiger partial charge in [-0.1, -0.05) is 50.6 Å². The minimum absolute atomic E-state index is 0.0389. The van der Waals surface area contributed by atoms with Gasteiger partial charge in [-0.05, 0) is 13.3 Å². The van der Waals surface area contributed by atoms with Crippen LogP contribution in [0.4, 0.5) is 0 Å². The molecule has 5 nitrogen and oxygen atoms in total. The zero-order valence-electron chi connectivity index (χ0n) is 13.3. The van der Waals surface area contributed by atoms with Crippen molar-refractivity contribution >= 4 is 11.7 Å². The van der Waals surface area contributed by atoms with Crippen LogP contribution < -0.4 is 5.73 Å². The zero-order chi connectivity index (χ0) is 15.4. The van der Waals surface area contributed by atoms with Gasteiger partial charge < -0.3 is 15.8 Å². The van der Waals surface area contributed by atoms with Gasteiger partial charge in [0, 0.05) is 25.9 Å². The molecule has 0 aliphatic carbocycles. The topological polar surface area (TPSA) is 78.9 Å². The van der Waals surface area contributed by atoms with Crippen LogP contribution >= 0.6 is 0 Å². The highest BCUT2D eigenvalue weighted by Gasteiger charge is 2.16. The molecule has 0 heterocycles. The number of rotatable bonds is 11. The normalized spacial score (nSPS) is 13.2. The Bertz CT molecular complexity index is 293. The summed E-state index contributed by atoms with van der Waals surface area (Å²) in [4.78, 5) is 13.7. The van der Waals surface area contributed by atoms with Crippen molar-refractivity contribution in [2.24, 2.45) is 10.9 Å². The molecule has 0 aromatic heterocycles. The van der Waals surface area contributed by atoms with E-state index in [1.165, 1.54) is 32.1 Å². The molecule has 0 fully saturated rings. The summed E-state index contributed by atoms with van der Waals surface area (Å²) in [5, 5.41) is 11.5. The maximum Gasteiger partial charge on any atom is 0.222 e. The number of nitrogens with zero attached hydrogens (tertiary/aromatic N) is 2. The van der Waals surface area contributed by atoms with E-state index in [2.05, 4.69) is 12.1 Å². The summed E-state index contributed by atoms with van der Waals surface area (Å²) in [6, 6.07) is -0.0389. The monoisotopic (exact) mass is 285 g/mol. The van der Waals surface area contributed by atoms with Crippen molar-refractivity contribution in [3.63, 3.8) is 0 Å². The van der Waals surface area contributed by atoms with Crippen LogP contribution in [0.15, 0.2) is 5.16 Å². The first-order chi connectivity index (χ1) is 9.52. The van der Waals surface area contributed by atoms with Gasteiger partial charge in [0.05, 0.1) is 0 Å². The summed E-state index contributed by atoms with van der Waals surface area (Å²) >= 11 is 0. The number of hydrogen-bond donors (Lipinski definition) is 2. The molecule has 0 aliphatic rings. The molecule has 20 heavy (non-hydrogen) atoms. The first kappa shape index (κ1) is 18.7. The van der Waals surface area contributed by atoms with Crippen LogP contribution in [0.2, 0.25) is 0 Å². The second kappa shape index (κ2) is 11.6. The van der Waals surface area contributed by atoms with Crippen molar-refractivity contribution in [3.05, 3.63) is 0 Å². The Labute approximate surface area is 123 Å². The van der Waals surface area contributed by atoms with Gasteiger partial charge in [0.1, 0.15) is 5.84 Å². The number of unbranched alkanes of at least 4 members (excludes halogenated alkanes) is 6. The predicted octanol–water partition coefficient (Wildman–Crippen LogP) is 3.11. The Hall–Kier alpha value is -1.26. The van der Waals surface area contributed by atoms with Crippen LogP contribution in [0.3, 0.4) is 0 Å². The lowest BCUT2D eigenvalue weighted by Crippen LogP contribution is -2.37. The number of nitrogens with two attached hydrogens (primary N) is 1. The van der Waals surface area contributed by atoms with E-state index in [1.54, 1.807) is 11.9 Å². The minimum atomic E-state index is -0.0389. The van der Waals surface area contributed by atoms with Crippen molar-refractivity contribution in [1.29, 1.82) is 0 Å². The fourth-order valence-electron chi connectivity index (χ4n) is 2.14. The van der Waals surface area contributed by atoms with Gasteiger partial charge >= 0.3 is 0 Å². The third-order valence-corrected chi connectivity index (χ3v) is 3.68. The van der Waals surface area contributed by atoms with Crippen molar-refractivity contribution < 1.29 is 10.0 Å². The third kappa shape index (κ3) is 8.77. The van der Waals surface area contributed by atoms with E-state index < -0.39 is 0 Å². The third-order valence-electron chi connectivity index (χ3n) is 3.68. The molecule has 0 aromatic rings. The summed E-state index contributed by atoms with van der Waals surface area (Å²) in [5.74, 6) is 0.296. The van der Waals surface area contributed by atoms with E-state index in [0.29, 0.717) is 12.8 Å². The van der Waals surface area contributed by atoms with E-state index in [-0.39, 0.29) is 17.8 Å². The Morgan fingerprint density at radius 3 is 2.30 bits per heavy atom. The SMILES string of the molecule is CCCCCCCCCC(=O)N(C)C(C)CC(N)=NO. The first-order valence-corrected chi connectivity index (χ1v) is 7.75. The Morgan fingerprint density at radius 1 is 1.20 bits per heavy atom. The predicted molar refractivity (Wildman–Crippen MR) is 82.9 cm³/mol. The van der Waals surface area contributed by atoms with Crippen molar-refractivity contribution in [1.82, 2.24) is 4.90 Å². The zero-order valence-corrected chi connectivity index (χ0v) is 13.3. The number of carbonyl (C=O) groups is 1. The highest BCUT2D eigenvalue weighted by molar-refractivity contribution is 5.81. The number of carbonyl (C=O) groups excluding carboxylic acids is 1. The summed E-state index contributed by atoms with van der Waals surface area (Å²) < 4.78 is 0. The quantitative estimate of drug-likeness (QED) is 0.201. The second-order valence-corrected chi connectivity index (χ2v) is 5.52. The number of oxime groups is 1. The van der Waals surface area contributed by atoms with Crippen LogP contribution in [0.25, 0.3) is 0 Å². The first-order valence-electron chi connectivity index (χ1n) is 7.75. The number of hydrogen-bond acceptors (Lipinski definition) is 3. The van der Waals surface area contributed by atoms with Crippen LogP contribution in [0, 0.1) is 0 Å². The smallest absolute Gasteiger partial charge is 0.222 e. The van der Waals surface area contributed by atoms with E-state index in [4.69, 9.17) is 10.9 Å². The lowest BCUT2D eigenvalue weighted by Gasteiger charge is -2.24. The molecule has 0 radical (unpaired) electrons. The molecule has 1 amide bonds. The molecule has 1 unspecified atom stereocenters. The fourth-order valence-corrected chi connectivity index (χ4v) is 2.14. The lowest BCUT2D eigenvalue weighted by molar-refractivity contribution is -0.131. The van der Waals surface area contributed by atoms with Crippen LogP contribution in [-0.4, -0.2) is 34.9 Å². The maximum absolute atomic E-state index is 12.0. The van der Waals surface area contributed by atoms with Gasteiger partial charge in [0.25, 0.3) is 0 Å². The van der Waals surface area contributed by atoms with Gasteiger partial charge in [0.15, 0.2) is 0 Å². The van der Waals surface area contributed by atoms with Gasteiger partial charge in [-0.15, -0.1) is 0 Å². The van der Waals surface area contributed by atoms with Crippen molar-refractivity contribution in [3.8, 4) is 0 Å². The molecule has 0 aromatic carbocycles. The van der Waals surface area contributed by atoms with Crippen LogP contribution in [0.5, 0.6) is 0 Å². The summed E-state index contributed by atoms with van der Waals surface area (Å²) in [6.07, 6.45) is 9.44. The van der Waals surface area contributed by atoms with E-state index in [9.17, 15) is 4.79 Å². The van der Waals surface area contributed by atoms with Crippen LogP contribution in [0.1, 0.15) is 71.6 Å². The molecule has 0 aliphatic heterocycles. The molecule has 118 valence electrons. The van der Waals surface area contributed by atoms with Crippen molar-refractivity contribution in [2.75, 3.05) is 7.05 Å². The van der Waals surface area contributed by atoms with Gasteiger partial charge in [-0.25, -0.2) is 0 Å². The maximum atomic E-state index is 12.0. The standard InChI is InChI=1S/C15H31N3O2/c1-4-5-6-7-8-9-10-11-15(19)18(3)13(2)12-14(16)17-20/h13,20H,4-12H2,1-3H3,(H2,16,17). The van der Waals surface area contributed by atoms with Crippen LogP contribution in [-0.2, 0) is 4.79 Å². The highest BCUT2D eigenvalue weighted by Crippen LogP contribution is 2.10. The van der Waals surface area contributed by atoms with Gasteiger partial charge in [0.2, 0.25) is 5.91 Å². The Kier molecular flexibility index (Phi) is 10.8. The average Bonchev–Trinajstić information content (AvgIpc) is 2.44. The van der Waals surface area contributed by atoms with Gasteiger partial charge in [-0.2, -0.15) is 0 Å². The van der Waals surface area contributed by atoms with E-state index in [1.807, 2.05) is 6.92 Å². The summed E-state index contributed by atoms with van der Waals surface area (Å²) in [6.45, 7) is 4.12. The number of amidine groups is 1. The molecule has 0 saturated carbocycles. The minimum Gasteiger partial charge on any atom is -0.409 e. The Balaban J connectivity index is 3.74. The second-order valence-electron chi connectivity index (χ2n) is 5.52. The van der Waals surface area contributed by atoms with E-state index >= 15 is 0 Å². The molecule has 0 saturated heterocycles. The average molecular weight is 285 g/mol. The lowest BCUT2D eigenvalue weighted by atomic mass is 10.1. The van der Waals surface area contributed by atoms with E-state index in [0.717, 1.165) is 12.8 Å². The molecule has 3 N–H and O–H groups in total. The number of amides is 1. The highest BCUT2D eigenvalue weighted by atomic mass is 16.4. The fraction of sp³-hybridized carbons (Fsp3) is 0.867. The van der Waals surface area contributed by atoms with Crippen molar-refractivity contribution in [2.45, 2.75) is 77.7 Å². The molecular weight excluding hydrogens is 254 g/mol. The largest absolute Gasteiger partial charge is 0.409 e. The molecule has 5 heteroatoms. The molecule has 1 atom stereocenters. The molecule has 0 bridgehead atoms. The van der Waals surface area contributed by atoms with Gasteiger partial charge in [-0.3, -0.25) is 4.79 Å². The molecular formula is C15H31N3O2.